The molecule has 12 heteroatoms. The van der Waals surface area contributed by atoms with E-state index in [9.17, 15) is 4.79 Å². The number of morpholine rings is 1. The van der Waals surface area contributed by atoms with Gasteiger partial charge in [-0.25, -0.2) is 0 Å². The molecule has 3 heterocycles. The Kier molecular flexibility index (Phi) is 8.05. The van der Waals surface area contributed by atoms with Crippen LogP contribution in [0.1, 0.15) is 11.3 Å². The second-order valence-electron chi connectivity index (χ2n) is 7.98. The summed E-state index contributed by atoms with van der Waals surface area (Å²) in [5.74, 6) is 2.04. The van der Waals surface area contributed by atoms with Crippen LogP contribution in [0, 0.1) is 18.3 Å². The van der Waals surface area contributed by atoms with E-state index in [-0.39, 0.29) is 11.9 Å². The van der Waals surface area contributed by atoms with Crippen LogP contribution in [0.2, 0.25) is 0 Å². The van der Waals surface area contributed by atoms with Gasteiger partial charge in [0.15, 0.2) is 5.82 Å². The van der Waals surface area contributed by atoms with Crippen LogP contribution in [0.4, 0.5) is 29.1 Å². The van der Waals surface area contributed by atoms with Crippen molar-refractivity contribution in [3.05, 3.63) is 47.7 Å². The van der Waals surface area contributed by atoms with Crippen molar-refractivity contribution in [2.24, 2.45) is 0 Å². The number of rotatable bonds is 10. The largest absolute Gasteiger partial charge is 0.378 e. The van der Waals surface area contributed by atoms with Gasteiger partial charge in [0.2, 0.25) is 11.9 Å². The van der Waals surface area contributed by atoms with E-state index < -0.39 is 0 Å². The van der Waals surface area contributed by atoms with E-state index in [1.807, 2.05) is 37.3 Å². The topological polar surface area (TPSA) is 165 Å². The highest BCUT2D eigenvalue weighted by Crippen LogP contribution is 2.21. The molecule has 2 aromatic heterocycles. The number of aromatic nitrogens is 4. The second kappa shape index (κ2) is 11.8. The highest BCUT2D eigenvalue weighted by atomic mass is 16.5. The number of anilines is 5. The molecule has 0 unspecified atom stereocenters. The molecule has 1 amide bonds. The number of aryl methyl sites for hydroxylation is 1. The first-order valence-electron chi connectivity index (χ1n) is 11.3. The summed E-state index contributed by atoms with van der Waals surface area (Å²) in [5.41, 5.74) is 2.65. The summed E-state index contributed by atoms with van der Waals surface area (Å²) in [7, 11) is 0. The summed E-state index contributed by atoms with van der Waals surface area (Å²) in [6.45, 7) is 4.47. The van der Waals surface area contributed by atoms with Gasteiger partial charge in [-0.1, -0.05) is 12.1 Å². The van der Waals surface area contributed by atoms with E-state index in [2.05, 4.69) is 52.8 Å². The van der Waals surface area contributed by atoms with Gasteiger partial charge in [-0.3, -0.25) is 9.89 Å². The van der Waals surface area contributed by atoms with Gasteiger partial charge in [-0.05, 0) is 24.6 Å². The van der Waals surface area contributed by atoms with Crippen LogP contribution in [0.25, 0.3) is 0 Å². The standard InChI is InChI=1S/C23H28N10O2/c1-15-12-21(33-32-15)29-20-13-19(26-8-9-27-22(34)18-14-35-11-10-25-18)30-23(31-20)28-17-4-2-16(3-5-17)6-7-24/h2-5,12-13,18,25H,6,8-11,14H2,1H3,(H,27,34)(H4,26,28,29,30,31,32,33)/t18-/m0/s1. The third-order valence-corrected chi connectivity index (χ3v) is 5.15. The van der Waals surface area contributed by atoms with E-state index >= 15 is 0 Å². The quantitative estimate of drug-likeness (QED) is 0.237. The highest BCUT2D eigenvalue weighted by molar-refractivity contribution is 5.82. The summed E-state index contributed by atoms with van der Waals surface area (Å²) in [5, 5.41) is 31.5. The maximum atomic E-state index is 12.2. The molecule has 3 aromatic rings. The smallest absolute Gasteiger partial charge is 0.239 e. The Morgan fingerprint density at radius 1 is 1.14 bits per heavy atom. The molecule has 0 aliphatic carbocycles. The monoisotopic (exact) mass is 476 g/mol. The van der Waals surface area contributed by atoms with Gasteiger partial charge < -0.3 is 31.3 Å². The van der Waals surface area contributed by atoms with Crippen molar-refractivity contribution in [3.63, 3.8) is 0 Å². The molecule has 4 rings (SSSR count). The van der Waals surface area contributed by atoms with Crippen molar-refractivity contribution in [2.45, 2.75) is 19.4 Å². The van der Waals surface area contributed by atoms with Crippen molar-refractivity contribution < 1.29 is 9.53 Å². The fourth-order valence-electron chi connectivity index (χ4n) is 3.43. The molecule has 0 radical (unpaired) electrons. The number of hydrogen-bond acceptors (Lipinski definition) is 10. The second-order valence-corrected chi connectivity index (χ2v) is 7.98. The molecule has 1 fully saturated rings. The number of H-pyrrole nitrogens is 1. The van der Waals surface area contributed by atoms with E-state index in [4.69, 9.17) is 10.00 Å². The third-order valence-electron chi connectivity index (χ3n) is 5.15. The Morgan fingerprint density at radius 3 is 2.69 bits per heavy atom. The highest BCUT2D eigenvalue weighted by Gasteiger charge is 2.20. The first kappa shape index (κ1) is 23.9. The zero-order valence-corrected chi connectivity index (χ0v) is 19.4. The summed E-state index contributed by atoms with van der Waals surface area (Å²) < 4.78 is 5.33. The Balaban J connectivity index is 1.41. The molecular weight excluding hydrogens is 448 g/mol. The lowest BCUT2D eigenvalue weighted by molar-refractivity contribution is -0.125. The average molecular weight is 477 g/mol. The van der Waals surface area contributed by atoms with Gasteiger partial charge in [-0.2, -0.15) is 20.3 Å². The minimum absolute atomic E-state index is 0.0901. The zero-order chi connectivity index (χ0) is 24.5. The predicted octanol–water partition coefficient (Wildman–Crippen LogP) is 1.58. The number of ether oxygens (including phenoxy) is 1. The third kappa shape index (κ3) is 7.13. The normalized spacial score (nSPS) is 15.1. The maximum absolute atomic E-state index is 12.2. The summed E-state index contributed by atoms with van der Waals surface area (Å²) >= 11 is 0. The number of aromatic amines is 1. The van der Waals surface area contributed by atoms with Crippen LogP contribution in [0.15, 0.2) is 36.4 Å². The van der Waals surface area contributed by atoms with Crippen molar-refractivity contribution in [2.75, 3.05) is 48.8 Å². The summed E-state index contributed by atoms with van der Waals surface area (Å²) in [4.78, 5) is 21.3. The fourth-order valence-corrected chi connectivity index (χ4v) is 3.43. The molecule has 6 N–H and O–H groups in total. The molecule has 12 nitrogen and oxygen atoms in total. The molecule has 1 aliphatic heterocycles. The fraction of sp³-hybridized carbons (Fsp3) is 0.348. The number of nitrogens with zero attached hydrogens (tertiary/aromatic N) is 4. The minimum Gasteiger partial charge on any atom is -0.378 e. The molecular formula is C23H28N10O2. The van der Waals surface area contributed by atoms with Crippen LogP contribution < -0.4 is 26.6 Å². The summed E-state index contributed by atoms with van der Waals surface area (Å²) in [6, 6.07) is 13.0. The first-order valence-corrected chi connectivity index (χ1v) is 11.3. The van der Waals surface area contributed by atoms with Gasteiger partial charge in [0.25, 0.3) is 0 Å². The summed E-state index contributed by atoms with van der Waals surface area (Å²) in [6.07, 6.45) is 0.355. The molecule has 0 bridgehead atoms. The number of carbonyl (C=O) groups excluding carboxylic acids is 1. The van der Waals surface area contributed by atoms with E-state index in [1.54, 1.807) is 6.07 Å². The lowest BCUT2D eigenvalue weighted by atomic mass is 10.1. The number of hydrogen-bond donors (Lipinski definition) is 6. The van der Waals surface area contributed by atoms with Gasteiger partial charge in [0.1, 0.15) is 17.7 Å². The number of nitrogens with one attached hydrogen (secondary N) is 6. The molecule has 1 atom stereocenters. The predicted molar refractivity (Wildman–Crippen MR) is 132 cm³/mol. The molecule has 182 valence electrons. The van der Waals surface area contributed by atoms with Gasteiger partial charge in [-0.15, -0.1) is 0 Å². The van der Waals surface area contributed by atoms with Crippen molar-refractivity contribution >= 4 is 35.0 Å². The van der Waals surface area contributed by atoms with Gasteiger partial charge >= 0.3 is 0 Å². The number of benzene rings is 1. The van der Waals surface area contributed by atoms with Crippen molar-refractivity contribution in [3.8, 4) is 6.07 Å². The Bertz CT molecular complexity index is 1170. The van der Waals surface area contributed by atoms with E-state index in [0.717, 1.165) is 16.9 Å². The van der Waals surface area contributed by atoms with Crippen molar-refractivity contribution in [1.82, 2.24) is 30.8 Å². The van der Waals surface area contributed by atoms with Crippen molar-refractivity contribution in [1.29, 1.82) is 5.26 Å². The minimum atomic E-state index is -0.328. The number of amides is 1. The van der Waals surface area contributed by atoms with E-state index in [0.29, 0.717) is 62.7 Å². The maximum Gasteiger partial charge on any atom is 0.239 e. The van der Waals surface area contributed by atoms with E-state index in [1.165, 1.54) is 0 Å². The van der Waals surface area contributed by atoms with Crippen LogP contribution in [0.5, 0.6) is 0 Å². The molecule has 35 heavy (non-hydrogen) atoms. The first-order chi connectivity index (χ1) is 17.1. The Hall–Kier alpha value is -4.21. The average Bonchev–Trinajstić information content (AvgIpc) is 3.28. The lowest BCUT2D eigenvalue weighted by Gasteiger charge is -2.22. The van der Waals surface area contributed by atoms with Gasteiger partial charge in [0.05, 0.1) is 25.7 Å². The number of nitriles is 1. The van der Waals surface area contributed by atoms with Crippen LogP contribution in [-0.4, -0.2) is 65.0 Å². The molecule has 0 saturated carbocycles. The van der Waals surface area contributed by atoms with Crippen LogP contribution in [0.3, 0.4) is 0 Å². The Labute approximate surface area is 202 Å². The molecule has 1 aliphatic rings. The van der Waals surface area contributed by atoms with Crippen LogP contribution >= 0.6 is 0 Å². The zero-order valence-electron chi connectivity index (χ0n) is 19.4. The molecule has 0 spiro atoms. The Morgan fingerprint density at radius 2 is 1.97 bits per heavy atom. The number of carbonyl (C=O) groups is 1. The van der Waals surface area contributed by atoms with Crippen LogP contribution in [-0.2, 0) is 16.0 Å². The molecule has 1 saturated heterocycles. The SMILES string of the molecule is Cc1cc(Nc2cc(NCCNC(=O)[C@@H]3COCCN3)nc(Nc3ccc(CC#N)cc3)n2)n[nH]1. The lowest BCUT2D eigenvalue weighted by Crippen LogP contribution is -2.51. The van der Waals surface area contributed by atoms with Gasteiger partial charge in [0, 0.05) is 43.1 Å². The molecule has 1 aromatic carbocycles.